The van der Waals surface area contributed by atoms with Gasteiger partial charge in [0.2, 0.25) is 16.7 Å². The van der Waals surface area contributed by atoms with Gasteiger partial charge in [-0.15, -0.1) is 5.10 Å². The summed E-state index contributed by atoms with van der Waals surface area (Å²) >= 11 is 1.48. The van der Waals surface area contributed by atoms with Crippen molar-refractivity contribution in [3.8, 4) is 17.5 Å². The Labute approximate surface area is 183 Å². The summed E-state index contributed by atoms with van der Waals surface area (Å²) in [5, 5.41) is 15.7. The number of nitrogens with zero attached hydrogens (tertiary/aromatic N) is 4. The van der Waals surface area contributed by atoms with Gasteiger partial charge < -0.3 is 9.52 Å². The molecule has 1 aliphatic heterocycles. The molecule has 0 saturated carbocycles. The molecule has 0 fully saturated rings. The van der Waals surface area contributed by atoms with Crippen molar-refractivity contribution in [3.05, 3.63) is 94.6 Å². The Hall–Kier alpha value is -3.42. The van der Waals surface area contributed by atoms with Crippen LogP contribution in [0.2, 0.25) is 0 Å². The molecule has 1 N–H and O–H groups in total. The smallest absolute Gasteiger partial charge is 0.230 e. The van der Waals surface area contributed by atoms with Crippen molar-refractivity contribution in [1.29, 1.82) is 0 Å². The highest BCUT2D eigenvalue weighted by atomic mass is 32.1. The minimum absolute atomic E-state index is 0.0740. The number of thiazole rings is 1. The topological polar surface area (TPSA) is 66.8 Å². The lowest BCUT2D eigenvalue weighted by Gasteiger charge is -2.35. The lowest BCUT2D eigenvalue weighted by molar-refractivity contribution is 0.205. The molecule has 0 unspecified atom stereocenters. The van der Waals surface area contributed by atoms with Gasteiger partial charge in [-0.3, -0.25) is 4.90 Å². The third-order valence-corrected chi connectivity index (χ3v) is 6.90. The van der Waals surface area contributed by atoms with Crippen molar-refractivity contribution in [1.82, 2.24) is 19.5 Å². The van der Waals surface area contributed by atoms with E-state index in [1.54, 1.807) is 12.3 Å². The van der Waals surface area contributed by atoms with Gasteiger partial charge in [0, 0.05) is 13.1 Å². The summed E-state index contributed by atoms with van der Waals surface area (Å²) in [6.45, 7) is 1.75. The van der Waals surface area contributed by atoms with Gasteiger partial charge in [0.25, 0.3) is 0 Å². The van der Waals surface area contributed by atoms with E-state index >= 15 is 0 Å². The van der Waals surface area contributed by atoms with Crippen LogP contribution in [0.5, 0.6) is 5.88 Å². The fourth-order valence-electron chi connectivity index (χ4n) is 4.34. The molecule has 0 spiro atoms. The number of fused-ring (bicyclic) bond motifs is 2. The molecule has 5 aromatic rings. The van der Waals surface area contributed by atoms with Crippen molar-refractivity contribution in [2.45, 2.75) is 19.0 Å². The summed E-state index contributed by atoms with van der Waals surface area (Å²) in [6, 6.07) is 22.5. The molecule has 1 atom stereocenters. The van der Waals surface area contributed by atoms with Crippen molar-refractivity contribution in [2.24, 2.45) is 0 Å². The Morgan fingerprint density at radius 1 is 0.968 bits per heavy atom. The summed E-state index contributed by atoms with van der Waals surface area (Å²) in [5.74, 6) is 1.20. The van der Waals surface area contributed by atoms with E-state index in [1.807, 2.05) is 24.3 Å². The molecular weight excluding hydrogens is 408 g/mol. The summed E-state index contributed by atoms with van der Waals surface area (Å²) in [6.07, 6.45) is 2.58. The zero-order valence-corrected chi connectivity index (χ0v) is 17.5. The summed E-state index contributed by atoms with van der Waals surface area (Å²) in [5.41, 5.74) is 3.89. The minimum Gasteiger partial charge on any atom is -0.492 e. The average Bonchev–Trinajstić information content (AvgIpc) is 3.54. The average molecular weight is 429 g/mol. The standard InChI is InChI=1S/C24H20N4O2S/c29-23-21(31-24-25-22(26-28(23)24)19-11-6-14-30-19)20(17-8-2-1-3-9-17)27-13-12-16-7-4-5-10-18(16)15-27/h1-11,14,20,29H,12-13,15H2/t20-/m0/s1. The third kappa shape index (κ3) is 3.13. The molecule has 1 aliphatic rings. The van der Waals surface area contributed by atoms with E-state index in [-0.39, 0.29) is 11.9 Å². The molecule has 0 saturated heterocycles. The van der Waals surface area contributed by atoms with Crippen LogP contribution in [0.4, 0.5) is 0 Å². The normalized spacial score (nSPS) is 15.2. The Balaban J connectivity index is 1.44. The van der Waals surface area contributed by atoms with Gasteiger partial charge in [-0.05, 0) is 35.2 Å². The zero-order valence-electron chi connectivity index (χ0n) is 16.7. The number of aromatic nitrogens is 3. The molecule has 6 rings (SSSR count). The van der Waals surface area contributed by atoms with Gasteiger partial charge in [-0.2, -0.15) is 9.50 Å². The molecule has 0 aliphatic carbocycles. The highest BCUT2D eigenvalue weighted by molar-refractivity contribution is 7.17. The van der Waals surface area contributed by atoms with Crippen molar-refractivity contribution in [2.75, 3.05) is 6.54 Å². The Morgan fingerprint density at radius 2 is 1.77 bits per heavy atom. The van der Waals surface area contributed by atoms with E-state index in [9.17, 15) is 5.11 Å². The molecule has 6 nitrogen and oxygen atoms in total. The number of hydrogen-bond acceptors (Lipinski definition) is 6. The molecule has 2 aromatic carbocycles. The van der Waals surface area contributed by atoms with Crippen LogP contribution in [0, 0.1) is 0 Å². The minimum atomic E-state index is -0.0740. The second-order valence-electron chi connectivity index (χ2n) is 7.70. The van der Waals surface area contributed by atoms with E-state index in [4.69, 9.17) is 4.42 Å². The van der Waals surface area contributed by atoms with Crippen molar-refractivity contribution in [3.63, 3.8) is 0 Å². The second kappa shape index (κ2) is 7.37. The van der Waals surface area contributed by atoms with Gasteiger partial charge in [-0.1, -0.05) is 65.9 Å². The first-order valence-corrected chi connectivity index (χ1v) is 11.1. The Kier molecular flexibility index (Phi) is 4.36. The van der Waals surface area contributed by atoms with Crippen molar-refractivity contribution >= 4 is 16.3 Å². The fourth-order valence-corrected chi connectivity index (χ4v) is 5.46. The number of rotatable bonds is 4. The molecule has 3 aromatic heterocycles. The number of aromatic hydroxyl groups is 1. The maximum atomic E-state index is 11.2. The Bertz CT molecular complexity index is 1340. The first kappa shape index (κ1) is 18.4. The number of benzene rings is 2. The van der Waals surface area contributed by atoms with Crippen LogP contribution < -0.4 is 0 Å². The molecule has 7 heteroatoms. The number of furan rings is 1. The molecule has 31 heavy (non-hydrogen) atoms. The molecule has 0 radical (unpaired) electrons. The predicted octanol–water partition coefficient (Wildman–Crippen LogP) is 4.90. The van der Waals surface area contributed by atoms with Crippen LogP contribution in [0.15, 0.2) is 77.4 Å². The van der Waals surface area contributed by atoms with Crippen LogP contribution in [-0.2, 0) is 13.0 Å². The molecule has 0 amide bonds. The van der Waals surface area contributed by atoms with E-state index in [0.29, 0.717) is 16.5 Å². The van der Waals surface area contributed by atoms with Crippen LogP contribution in [-0.4, -0.2) is 31.1 Å². The van der Waals surface area contributed by atoms with E-state index in [2.05, 4.69) is 51.4 Å². The maximum absolute atomic E-state index is 11.2. The molecule has 154 valence electrons. The monoisotopic (exact) mass is 428 g/mol. The van der Waals surface area contributed by atoms with Crippen LogP contribution in [0.25, 0.3) is 16.5 Å². The van der Waals surface area contributed by atoms with Gasteiger partial charge in [-0.25, -0.2) is 0 Å². The first-order chi connectivity index (χ1) is 15.3. The maximum Gasteiger partial charge on any atom is 0.230 e. The lowest BCUT2D eigenvalue weighted by Crippen LogP contribution is -2.34. The van der Waals surface area contributed by atoms with Crippen molar-refractivity contribution < 1.29 is 9.52 Å². The Morgan fingerprint density at radius 3 is 2.55 bits per heavy atom. The lowest BCUT2D eigenvalue weighted by atomic mass is 9.96. The summed E-state index contributed by atoms with van der Waals surface area (Å²) in [7, 11) is 0. The number of hydrogen-bond donors (Lipinski definition) is 1. The van der Waals surface area contributed by atoms with Crippen LogP contribution in [0.1, 0.15) is 27.6 Å². The van der Waals surface area contributed by atoms with Crippen LogP contribution in [0.3, 0.4) is 0 Å². The molecule has 4 heterocycles. The van der Waals surface area contributed by atoms with E-state index < -0.39 is 0 Å². The molecular formula is C24H20N4O2S. The van der Waals surface area contributed by atoms with E-state index in [1.165, 1.54) is 27.0 Å². The van der Waals surface area contributed by atoms with Crippen LogP contribution >= 0.6 is 11.3 Å². The largest absolute Gasteiger partial charge is 0.492 e. The predicted molar refractivity (Wildman–Crippen MR) is 119 cm³/mol. The van der Waals surface area contributed by atoms with E-state index in [0.717, 1.165) is 30.0 Å². The summed E-state index contributed by atoms with van der Waals surface area (Å²) < 4.78 is 6.93. The second-order valence-corrected chi connectivity index (χ2v) is 8.71. The van der Waals surface area contributed by atoms with Gasteiger partial charge in [0.05, 0.1) is 17.2 Å². The fraction of sp³-hybridized carbons (Fsp3) is 0.167. The van der Waals surface area contributed by atoms with Gasteiger partial charge in [0.1, 0.15) is 0 Å². The molecule has 0 bridgehead atoms. The highest BCUT2D eigenvalue weighted by Gasteiger charge is 2.31. The quantitative estimate of drug-likeness (QED) is 0.441. The zero-order chi connectivity index (χ0) is 20.8. The van der Waals surface area contributed by atoms with Gasteiger partial charge in [0.15, 0.2) is 5.76 Å². The van der Waals surface area contributed by atoms with Gasteiger partial charge >= 0.3 is 0 Å². The highest BCUT2D eigenvalue weighted by Crippen LogP contribution is 2.42. The summed E-state index contributed by atoms with van der Waals surface area (Å²) in [4.78, 5) is 8.52. The SMILES string of the molecule is Oc1c([C@H](c2ccccc2)N2CCc3ccccc3C2)sc2nc(-c3ccco3)nn12. The first-order valence-electron chi connectivity index (χ1n) is 10.3. The third-order valence-electron chi connectivity index (χ3n) is 5.83.